The lowest BCUT2D eigenvalue weighted by Crippen LogP contribution is -2.26. The van der Waals surface area contributed by atoms with Gasteiger partial charge in [0.05, 0.1) is 36.2 Å². The highest BCUT2D eigenvalue weighted by Crippen LogP contribution is 2.28. The summed E-state index contributed by atoms with van der Waals surface area (Å²) < 4.78 is 10.5. The van der Waals surface area contributed by atoms with Crippen molar-refractivity contribution in [1.29, 1.82) is 0 Å². The zero-order chi connectivity index (χ0) is 15.2. The number of para-hydroxylation sites is 1. The van der Waals surface area contributed by atoms with Crippen molar-refractivity contribution >= 4 is 11.7 Å². The second-order valence-corrected chi connectivity index (χ2v) is 5.19. The van der Waals surface area contributed by atoms with Crippen molar-refractivity contribution in [2.75, 3.05) is 7.11 Å². The maximum Gasteiger partial charge on any atom is 0.308 e. The molecular weight excluding hydrogens is 274 g/mol. The van der Waals surface area contributed by atoms with Crippen molar-refractivity contribution in [1.82, 2.24) is 0 Å². The molecule has 1 saturated carbocycles. The Morgan fingerprint density at radius 3 is 2.57 bits per heavy atom. The van der Waals surface area contributed by atoms with Crippen LogP contribution in [-0.2, 0) is 20.9 Å². The fraction of sp³-hybridized carbons (Fsp3) is 0.533. The molecule has 0 radical (unpaired) electrons. The summed E-state index contributed by atoms with van der Waals surface area (Å²) in [5.41, 5.74) is 0.665. The van der Waals surface area contributed by atoms with Crippen LogP contribution in [0.25, 0.3) is 0 Å². The second-order valence-electron chi connectivity index (χ2n) is 5.19. The van der Waals surface area contributed by atoms with E-state index in [4.69, 9.17) is 9.47 Å². The standard InChI is InChI=1S/C15H19NO5/c1-20-15(17)11-6-8-13(9-7-11)21-10-12-4-2-3-5-14(12)16(18)19/h2-5,11,13H,6-10H2,1H3. The number of rotatable bonds is 5. The molecule has 6 heteroatoms. The number of nitro benzene ring substituents is 1. The van der Waals surface area contributed by atoms with Crippen LogP contribution in [0.3, 0.4) is 0 Å². The van der Waals surface area contributed by atoms with E-state index in [0.29, 0.717) is 5.56 Å². The molecule has 2 rings (SSSR count). The van der Waals surface area contributed by atoms with Crippen molar-refractivity contribution in [2.24, 2.45) is 5.92 Å². The summed E-state index contributed by atoms with van der Waals surface area (Å²) in [4.78, 5) is 22.0. The maximum atomic E-state index is 11.4. The Morgan fingerprint density at radius 1 is 1.29 bits per heavy atom. The van der Waals surface area contributed by atoms with E-state index in [9.17, 15) is 14.9 Å². The Morgan fingerprint density at radius 2 is 1.95 bits per heavy atom. The monoisotopic (exact) mass is 293 g/mol. The number of hydrogen-bond acceptors (Lipinski definition) is 5. The molecule has 1 aromatic carbocycles. The molecule has 0 aromatic heterocycles. The van der Waals surface area contributed by atoms with Gasteiger partial charge < -0.3 is 9.47 Å². The molecule has 21 heavy (non-hydrogen) atoms. The molecule has 0 bridgehead atoms. The average Bonchev–Trinajstić information content (AvgIpc) is 2.52. The second kappa shape index (κ2) is 7.17. The van der Waals surface area contributed by atoms with Crippen molar-refractivity contribution in [3.05, 3.63) is 39.9 Å². The molecular formula is C15H19NO5. The molecule has 0 heterocycles. The number of methoxy groups -OCH3 is 1. The molecule has 0 saturated heterocycles. The van der Waals surface area contributed by atoms with Gasteiger partial charge in [0.15, 0.2) is 0 Å². The van der Waals surface area contributed by atoms with Crippen molar-refractivity contribution in [3.63, 3.8) is 0 Å². The first-order valence-corrected chi connectivity index (χ1v) is 7.03. The van der Waals surface area contributed by atoms with Gasteiger partial charge in [-0.25, -0.2) is 0 Å². The highest BCUT2D eigenvalue weighted by molar-refractivity contribution is 5.72. The van der Waals surface area contributed by atoms with E-state index in [2.05, 4.69) is 0 Å². The maximum absolute atomic E-state index is 11.4. The fourth-order valence-corrected chi connectivity index (χ4v) is 2.65. The minimum atomic E-state index is -0.396. The van der Waals surface area contributed by atoms with E-state index >= 15 is 0 Å². The van der Waals surface area contributed by atoms with Crippen LogP contribution in [0.2, 0.25) is 0 Å². The Kier molecular flexibility index (Phi) is 5.27. The van der Waals surface area contributed by atoms with Gasteiger partial charge in [0.25, 0.3) is 5.69 Å². The smallest absolute Gasteiger partial charge is 0.308 e. The third kappa shape index (κ3) is 4.01. The summed E-state index contributed by atoms with van der Waals surface area (Å²) in [7, 11) is 1.40. The molecule has 1 fully saturated rings. The zero-order valence-electron chi connectivity index (χ0n) is 12.0. The third-order valence-corrected chi connectivity index (χ3v) is 3.87. The summed E-state index contributed by atoms with van der Waals surface area (Å²) in [6, 6.07) is 6.59. The molecule has 114 valence electrons. The highest BCUT2D eigenvalue weighted by atomic mass is 16.6. The first kappa shape index (κ1) is 15.4. The molecule has 0 unspecified atom stereocenters. The highest BCUT2D eigenvalue weighted by Gasteiger charge is 2.27. The number of benzene rings is 1. The lowest BCUT2D eigenvalue weighted by molar-refractivity contribution is -0.386. The lowest BCUT2D eigenvalue weighted by atomic mass is 9.87. The van der Waals surface area contributed by atoms with Gasteiger partial charge in [0.2, 0.25) is 0 Å². The van der Waals surface area contributed by atoms with Crippen molar-refractivity contribution in [2.45, 2.75) is 38.4 Å². The van der Waals surface area contributed by atoms with E-state index < -0.39 is 4.92 Å². The van der Waals surface area contributed by atoms with Crippen LogP contribution in [-0.4, -0.2) is 24.1 Å². The number of nitrogens with zero attached hydrogens (tertiary/aromatic N) is 1. The Balaban J connectivity index is 1.85. The van der Waals surface area contributed by atoms with Crippen LogP contribution in [0.4, 0.5) is 5.69 Å². The number of hydrogen-bond donors (Lipinski definition) is 0. The van der Waals surface area contributed by atoms with Gasteiger partial charge in [-0.15, -0.1) is 0 Å². The van der Waals surface area contributed by atoms with Gasteiger partial charge in [-0.05, 0) is 31.7 Å². The first-order chi connectivity index (χ1) is 10.1. The Hall–Kier alpha value is -1.95. The molecule has 0 amide bonds. The largest absolute Gasteiger partial charge is 0.469 e. The molecule has 0 atom stereocenters. The van der Waals surface area contributed by atoms with Crippen molar-refractivity contribution in [3.8, 4) is 0 Å². The van der Waals surface area contributed by atoms with E-state index in [1.54, 1.807) is 18.2 Å². The van der Waals surface area contributed by atoms with Crippen LogP contribution < -0.4 is 0 Å². The van der Waals surface area contributed by atoms with Crippen molar-refractivity contribution < 1.29 is 19.2 Å². The summed E-state index contributed by atoms with van der Waals surface area (Å²) in [6.45, 7) is 0.227. The van der Waals surface area contributed by atoms with Crippen LogP contribution in [0, 0.1) is 16.0 Å². The molecule has 6 nitrogen and oxygen atoms in total. The lowest BCUT2D eigenvalue weighted by Gasteiger charge is -2.26. The normalized spacial score (nSPS) is 21.8. The number of esters is 1. The van der Waals surface area contributed by atoms with Gasteiger partial charge >= 0.3 is 5.97 Å². The van der Waals surface area contributed by atoms with E-state index in [-0.39, 0.29) is 30.3 Å². The number of carbonyl (C=O) groups is 1. The molecule has 0 aliphatic heterocycles. The molecule has 0 N–H and O–H groups in total. The average molecular weight is 293 g/mol. The van der Waals surface area contributed by atoms with Gasteiger partial charge in [0.1, 0.15) is 0 Å². The quantitative estimate of drug-likeness (QED) is 0.474. The Bertz CT molecular complexity index is 509. The third-order valence-electron chi connectivity index (χ3n) is 3.87. The molecule has 1 aliphatic rings. The first-order valence-electron chi connectivity index (χ1n) is 7.03. The SMILES string of the molecule is COC(=O)C1CCC(OCc2ccccc2[N+](=O)[O-])CC1. The summed E-state index contributed by atoms with van der Waals surface area (Å²) in [6.07, 6.45) is 3.09. The van der Waals surface area contributed by atoms with E-state index in [1.807, 2.05) is 0 Å². The van der Waals surface area contributed by atoms with E-state index in [1.165, 1.54) is 13.2 Å². The summed E-state index contributed by atoms with van der Waals surface area (Å²) in [5, 5.41) is 10.9. The van der Waals surface area contributed by atoms with E-state index in [0.717, 1.165) is 25.7 Å². The minimum Gasteiger partial charge on any atom is -0.469 e. The topological polar surface area (TPSA) is 78.7 Å². The van der Waals surface area contributed by atoms with Crippen LogP contribution in [0.5, 0.6) is 0 Å². The zero-order valence-corrected chi connectivity index (χ0v) is 12.0. The fourth-order valence-electron chi connectivity index (χ4n) is 2.65. The number of carbonyl (C=O) groups excluding carboxylic acids is 1. The van der Waals surface area contributed by atoms with Crippen LogP contribution in [0.15, 0.2) is 24.3 Å². The minimum absolute atomic E-state index is 0.0408. The molecule has 1 aliphatic carbocycles. The predicted molar refractivity (Wildman–Crippen MR) is 75.6 cm³/mol. The van der Waals surface area contributed by atoms with Crippen LogP contribution in [0.1, 0.15) is 31.2 Å². The Labute approximate surface area is 123 Å². The molecule has 1 aromatic rings. The van der Waals surface area contributed by atoms with Gasteiger partial charge in [-0.2, -0.15) is 0 Å². The summed E-state index contributed by atoms with van der Waals surface area (Å²) in [5.74, 6) is -0.201. The summed E-state index contributed by atoms with van der Waals surface area (Å²) >= 11 is 0. The predicted octanol–water partition coefficient (Wildman–Crippen LogP) is 2.84. The van der Waals surface area contributed by atoms with Gasteiger partial charge in [-0.1, -0.05) is 12.1 Å². The number of ether oxygens (including phenoxy) is 2. The van der Waals surface area contributed by atoms with Gasteiger partial charge in [-0.3, -0.25) is 14.9 Å². The van der Waals surface area contributed by atoms with Gasteiger partial charge in [0, 0.05) is 6.07 Å². The number of nitro groups is 1. The van der Waals surface area contributed by atoms with Crippen LogP contribution >= 0.6 is 0 Å². The molecule has 0 spiro atoms.